The zero-order valence-electron chi connectivity index (χ0n) is 17.2. The fraction of sp³-hybridized carbons (Fsp3) is 0.200. The van der Waals surface area contributed by atoms with E-state index in [0.29, 0.717) is 0 Å². The van der Waals surface area contributed by atoms with Gasteiger partial charge in [0.1, 0.15) is 0 Å². The molecule has 0 unspecified atom stereocenters. The maximum absolute atomic E-state index is 12.9. The first-order valence-corrected chi connectivity index (χ1v) is 11.5. The predicted octanol–water partition coefficient (Wildman–Crippen LogP) is 4.82. The van der Waals surface area contributed by atoms with E-state index in [4.69, 9.17) is 0 Å². The van der Waals surface area contributed by atoms with Crippen molar-refractivity contribution >= 4 is 34.4 Å². The minimum Gasteiger partial charge on any atom is -0.368 e. The molecule has 0 saturated carbocycles. The Morgan fingerprint density at radius 3 is 2.32 bits per heavy atom. The van der Waals surface area contributed by atoms with Gasteiger partial charge in [-0.25, -0.2) is 4.98 Å². The van der Waals surface area contributed by atoms with Gasteiger partial charge in [0.25, 0.3) is 5.91 Å². The SMILES string of the molecule is O=C(c1ccc(CSc2nc3ccccc3[nH]2)cc1)N1CCN(c2ccccc2)CC1. The van der Waals surface area contributed by atoms with Crippen LogP contribution in [-0.4, -0.2) is 47.0 Å². The molecule has 0 spiro atoms. The van der Waals surface area contributed by atoms with E-state index < -0.39 is 0 Å². The summed E-state index contributed by atoms with van der Waals surface area (Å²) in [7, 11) is 0. The second kappa shape index (κ2) is 8.86. The molecule has 2 heterocycles. The largest absolute Gasteiger partial charge is 0.368 e. The molecular weight excluding hydrogens is 404 g/mol. The number of H-pyrrole nitrogens is 1. The molecule has 1 N–H and O–H groups in total. The second-order valence-corrected chi connectivity index (χ2v) is 8.62. The smallest absolute Gasteiger partial charge is 0.253 e. The van der Waals surface area contributed by atoms with Gasteiger partial charge in [0, 0.05) is 43.2 Å². The highest BCUT2D eigenvalue weighted by Gasteiger charge is 2.22. The van der Waals surface area contributed by atoms with E-state index in [2.05, 4.69) is 39.1 Å². The maximum Gasteiger partial charge on any atom is 0.253 e. The molecule has 4 aromatic rings. The minimum atomic E-state index is 0.115. The van der Waals surface area contributed by atoms with Gasteiger partial charge in [-0.05, 0) is 42.0 Å². The summed E-state index contributed by atoms with van der Waals surface area (Å²) >= 11 is 1.67. The summed E-state index contributed by atoms with van der Waals surface area (Å²) in [6.07, 6.45) is 0. The number of hydrogen-bond acceptors (Lipinski definition) is 4. The number of amides is 1. The van der Waals surface area contributed by atoms with Crippen molar-refractivity contribution in [1.29, 1.82) is 0 Å². The average Bonchev–Trinajstić information content (AvgIpc) is 3.26. The molecule has 6 heteroatoms. The van der Waals surface area contributed by atoms with Crippen LogP contribution in [0.15, 0.2) is 84.0 Å². The number of piperazine rings is 1. The van der Waals surface area contributed by atoms with Gasteiger partial charge in [-0.3, -0.25) is 4.79 Å². The molecule has 1 saturated heterocycles. The van der Waals surface area contributed by atoms with Crippen molar-refractivity contribution in [3.05, 3.63) is 90.0 Å². The molecule has 1 aliphatic heterocycles. The Labute approximate surface area is 186 Å². The zero-order valence-corrected chi connectivity index (χ0v) is 18.0. The lowest BCUT2D eigenvalue weighted by Crippen LogP contribution is -2.48. The van der Waals surface area contributed by atoms with Crippen LogP contribution < -0.4 is 4.90 Å². The van der Waals surface area contributed by atoms with Gasteiger partial charge < -0.3 is 14.8 Å². The number of hydrogen-bond donors (Lipinski definition) is 1. The normalized spacial score (nSPS) is 14.2. The third-order valence-corrected chi connectivity index (χ3v) is 6.58. The van der Waals surface area contributed by atoms with Crippen molar-refractivity contribution in [2.45, 2.75) is 10.9 Å². The molecule has 1 fully saturated rings. The van der Waals surface area contributed by atoms with Crippen molar-refractivity contribution in [1.82, 2.24) is 14.9 Å². The Hall–Kier alpha value is -3.25. The molecule has 5 nitrogen and oxygen atoms in total. The first-order valence-electron chi connectivity index (χ1n) is 10.5. The van der Waals surface area contributed by atoms with Crippen LogP contribution in [0.1, 0.15) is 15.9 Å². The van der Waals surface area contributed by atoms with Crippen LogP contribution in [0, 0.1) is 0 Å². The number of anilines is 1. The lowest BCUT2D eigenvalue weighted by atomic mass is 10.1. The number of nitrogens with one attached hydrogen (secondary N) is 1. The summed E-state index contributed by atoms with van der Waals surface area (Å²) in [5, 5.41) is 0.914. The molecule has 0 atom stereocenters. The fourth-order valence-electron chi connectivity index (χ4n) is 3.88. The van der Waals surface area contributed by atoms with Gasteiger partial charge in [-0.15, -0.1) is 0 Å². The van der Waals surface area contributed by atoms with Crippen LogP contribution in [0.4, 0.5) is 5.69 Å². The van der Waals surface area contributed by atoms with E-state index in [1.165, 1.54) is 11.3 Å². The van der Waals surface area contributed by atoms with E-state index in [9.17, 15) is 4.79 Å². The molecule has 5 rings (SSSR count). The third kappa shape index (κ3) is 4.44. The van der Waals surface area contributed by atoms with E-state index in [1.54, 1.807) is 11.8 Å². The van der Waals surface area contributed by atoms with Gasteiger partial charge in [-0.1, -0.05) is 54.2 Å². The Kier molecular flexibility index (Phi) is 5.63. The fourth-order valence-corrected chi connectivity index (χ4v) is 4.72. The number of thioether (sulfide) groups is 1. The van der Waals surface area contributed by atoms with Crippen molar-refractivity contribution in [3.8, 4) is 0 Å². The summed E-state index contributed by atoms with van der Waals surface area (Å²) in [5.74, 6) is 0.925. The van der Waals surface area contributed by atoms with Crippen molar-refractivity contribution < 1.29 is 4.79 Å². The lowest BCUT2D eigenvalue weighted by molar-refractivity contribution is 0.0747. The van der Waals surface area contributed by atoms with Gasteiger partial charge in [0.2, 0.25) is 0 Å². The topological polar surface area (TPSA) is 52.2 Å². The molecule has 0 radical (unpaired) electrons. The summed E-state index contributed by atoms with van der Waals surface area (Å²) in [4.78, 5) is 25.2. The van der Waals surface area contributed by atoms with Crippen molar-refractivity contribution in [3.63, 3.8) is 0 Å². The minimum absolute atomic E-state index is 0.115. The molecule has 1 aliphatic rings. The zero-order chi connectivity index (χ0) is 21.0. The molecule has 156 valence electrons. The lowest BCUT2D eigenvalue weighted by Gasteiger charge is -2.36. The quantitative estimate of drug-likeness (QED) is 0.463. The monoisotopic (exact) mass is 428 g/mol. The number of carbonyl (C=O) groups is 1. The number of benzene rings is 3. The van der Waals surface area contributed by atoms with Gasteiger partial charge in [0.05, 0.1) is 11.0 Å². The molecule has 31 heavy (non-hydrogen) atoms. The molecule has 0 bridgehead atoms. The Morgan fingerprint density at radius 2 is 1.58 bits per heavy atom. The summed E-state index contributed by atoms with van der Waals surface area (Å²) in [5.41, 5.74) is 5.19. The summed E-state index contributed by atoms with van der Waals surface area (Å²) in [6.45, 7) is 3.22. The van der Waals surface area contributed by atoms with E-state index in [1.807, 2.05) is 59.5 Å². The van der Waals surface area contributed by atoms with E-state index in [-0.39, 0.29) is 5.91 Å². The highest BCUT2D eigenvalue weighted by atomic mass is 32.2. The standard InChI is InChI=1S/C25H24N4OS/c30-24(29-16-14-28(15-17-29)21-6-2-1-3-7-21)20-12-10-19(11-13-20)18-31-25-26-22-8-4-5-9-23(22)27-25/h1-13H,14-18H2,(H,26,27). The number of imidazole rings is 1. The first kappa shape index (κ1) is 19.7. The van der Waals surface area contributed by atoms with Crippen molar-refractivity contribution in [2.75, 3.05) is 31.1 Å². The van der Waals surface area contributed by atoms with Crippen LogP contribution in [0.25, 0.3) is 11.0 Å². The molecule has 0 aliphatic carbocycles. The number of carbonyl (C=O) groups excluding carboxylic acids is 1. The summed E-state index contributed by atoms with van der Waals surface area (Å²) < 4.78 is 0. The number of aromatic nitrogens is 2. The number of fused-ring (bicyclic) bond motifs is 1. The molecule has 1 amide bonds. The number of para-hydroxylation sites is 3. The second-order valence-electron chi connectivity index (χ2n) is 7.66. The Balaban J connectivity index is 1.16. The highest BCUT2D eigenvalue weighted by molar-refractivity contribution is 7.98. The molecular formula is C25H24N4OS. The average molecular weight is 429 g/mol. The van der Waals surface area contributed by atoms with Gasteiger partial charge in [0.15, 0.2) is 5.16 Å². The van der Waals surface area contributed by atoms with Crippen LogP contribution in [-0.2, 0) is 5.75 Å². The third-order valence-electron chi connectivity index (χ3n) is 5.63. The number of rotatable bonds is 5. The van der Waals surface area contributed by atoms with Gasteiger partial charge in [-0.2, -0.15) is 0 Å². The van der Waals surface area contributed by atoms with Gasteiger partial charge >= 0.3 is 0 Å². The van der Waals surface area contributed by atoms with E-state index >= 15 is 0 Å². The van der Waals surface area contributed by atoms with Crippen LogP contribution in [0.2, 0.25) is 0 Å². The predicted molar refractivity (Wildman–Crippen MR) is 127 cm³/mol. The first-order chi connectivity index (χ1) is 15.3. The van der Waals surface area contributed by atoms with Crippen LogP contribution in [0.3, 0.4) is 0 Å². The maximum atomic E-state index is 12.9. The Bertz CT molecular complexity index is 1130. The Morgan fingerprint density at radius 1 is 0.871 bits per heavy atom. The molecule has 3 aromatic carbocycles. The molecule has 1 aromatic heterocycles. The van der Waals surface area contributed by atoms with Crippen LogP contribution >= 0.6 is 11.8 Å². The summed E-state index contributed by atoms with van der Waals surface area (Å²) in [6, 6.07) is 26.4. The van der Waals surface area contributed by atoms with Crippen molar-refractivity contribution in [2.24, 2.45) is 0 Å². The highest BCUT2D eigenvalue weighted by Crippen LogP contribution is 2.23. The number of nitrogens with zero attached hydrogens (tertiary/aromatic N) is 3. The number of aromatic amines is 1. The van der Waals surface area contributed by atoms with Crippen LogP contribution in [0.5, 0.6) is 0 Å². The van der Waals surface area contributed by atoms with E-state index in [0.717, 1.165) is 53.7 Å².